The molecule has 162 valence electrons. The van der Waals surface area contributed by atoms with E-state index in [1.807, 2.05) is 18.2 Å². The van der Waals surface area contributed by atoms with Crippen LogP contribution in [0.25, 0.3) is 6.08 Å². The van der Waals surface area contributed by atoms with E-state index in [2.05, 4.69) is 77.0 Å². The van der Waals surface area contributed by atoms with E-state index in [9.17, 15) is 4.79 Å². The second kappa shape index (κ2) is 7.86. The van der Waals surface area contributed by atoms with Gasteiger partial charge in [-0.05, 0) is 111 Å². The predicted molar refractivity (Wildman–Crippen MR) is 133 cm³/mol. The van der Waals surface area contributed by atoms with Gasteiger partial charge in [-0.25, -0.2) is 4.99 Å². The second-order valence-corrected chi connectivity index (χ2v) is 10.5. The highest BCUT2D eigenvalue weighted by Gasteiger charge is 2.34. The van der Waals surface area contributed by atoms with Crippen molar-refractivity contribution in [3.8, 4) is 0 Å². The molecule has 0 bridgehead atoms. The fraction of sp³-hybridized carbons (Fsp3) is 0.385. The standard InChI is InChI=1S/C26H31N3OS/c1-15-9-8-10-21(18(15)4)27-25-28-24(30)23(31-25)13-19-12-20-17(3)14-26(5,6)29(7)22(20)11-16(19)2/h8-13,17H,14H2,1-7H3,(H,27,28,30)/b23-13+. The van der Waals surface area contributed by atoms with E-state index in [1.54, 1.807) is 0 Å². The zero-order valence-electron chi connectivity index (χ0n) is 19.5. The van der Waals surface area contributed by atoms with Crippen LogP contribution < -0.4 is 10.2 Å². The molecule has 4 rings (SSSR count). The number of carbonyl (C=O) groups is 1. The van der Waals surface area contributed by atoms with Crippen LogP contribution >= 0.6 is 11.8 Å². The van der Waals surface area contributed by atoms with Crippen LogP contribution in [0.15, 0.2) is 40.2 Å². The van der Waals surface area contributed by atoms with E-state index >= 15 is 0 Å². The van der Waals surface area contributed by atoms with Crippen molar-refractivity contribution in [1.82, 2.24) is 5.32 Å². The number of anilines is 1. The monoisotopic (exact) mass is 433 g/mol. The van der Waals surface area contributed by atoms with Crippen molar-refractivity contribution >= 4 is 40.3 Å². The molecule has 1 N–H and O–H groups in total. The van der Waals surface area contributed by atoms with Gasteiger partial charge in [0.15, 0.2) is 5.17 Å². The number of hydrogen-bond donors (Lipinski definition) is 1. The van der Waals surface area contributed by atoms with Gasteiger partial charge >= 0.3 is 0 Å². The highest BCUT2D eigenvalue weighted by atomic mass is 32.2. The molecule has 1 atom stereocenters. The van der Waals surface area contributed by atoms with Gasteiger partial charge < -0.3 is 10.2 Å². The number of rotatable bonds is 2. The summed E-state index contributed by atoms with van der Waals surface area (Å²) >= 11 is 1.41. The minimum absolute atomic E-state index is 0.0857. The third-order valence-electron chi connectivity index (χ3n) is 6.76. The molecule has 2 aromatic carbocycles. The lowest BCUT2D eigenvalue weighted by atomic mass is 9.79. The van der Waals surface area contributed by atoms with E-state index in [1.165, 1.54) is 34.1 Å². The number of carbonyl (C=O) groups excluding carboxylic acids is 1. The molecule has 0 spiro atoms. The zero-order valence-corrected chi connectivity index (χ0v) is 20.3. The van der Waals surface area contributed by atoms with Crippen molar-refractivity contribution < 1.29 is 4.79 Å². The van der Waals surface area contributed by atoms with Crippen molar-refractivity contribution in [2.45, 2.75) is 59.4 Å². The molecular formula is C26H31N3OS. The molecule has 0 radical (unpaired) electrons. The van der Waals surface area contributed by atoms with Gasteiger partial charge in [-0.1, -0.05) is 19.1 Å². The molecule has 0 aliphatic carbocycles. The Labute approximate surface area is 189 Å². The van der Waals surface area contributed by atoms with Crippen LogP contribution in [-0.4, -0.2) is 23.7 Å². The van der Waals surface area contributed by atoms with Crippen molar-refractivity contribution in [3.05, 3.63) is 63.1 Å². The van der Waals surface area contributed by atoms with Gasteiger partial charge in [0.1, 0.15) is 0 Å². The Bertz CT molecular complexity index is 1130. The molecule has 5 heteroatoms. The number of nitrogens with one attached hydrogen (secondary N) is 1. The number of benzene rings is 2. The van der Waals surface area contributed by atoms with Crippen molar-refractivity contribution in [2.75, 3.05) is 11.9 Å². The number of aliphatic imine (C=N–C) groups is 1. The average molecular weight is 434 g/mol. The van der Waals surface area contributed by atoms with Crippen molar-refractivity contribution in [3.63, 3.8) is 0 Å². The summed E-state index contributed by atoms with van der Waals surface area (Å²) in [5.41, 5.74) is 8.29. The van der Waals surface area contributed by atoms with E-state index < -0.39 is 0 Å². The summed E-state index contributed by atoms with van der Waals surface area (Å²) in [6.07, 6.45) is 3.12. The maximum absolute atomic E-state index is 12.6. The molecule has 1 unspecified atom stereocenters. The Morgan fingerprint density at radius 2 is 1.94 bits per heavy atom. The quantitative estimate of drug-likeness (QED) is 0.571. The Morgan fingerprint density at radius 3 is 2.68 bits per heavy atom. The van der Waals surface area contributed by atoms with E-state index in [0.29, 0.717) is 16.0 Å². The molecule has 1 amide bonds. The fourth-order valence-corrected chi connectivity index (χ4v) is 5.30. The van der Waals surface area contributed by atoms with Gasteiger partial charge in [0, 0.05) is 18.3 Å². The van der Waals surface area contributed by atoms with Crippen LogP contribution in [0.4, 0.5) is 11.4 Å². The van der Waals surface area contributed by atoms with Gasteiger partial charge in [0.25, 0.3) is 5.91 Å². The van der Waals surface area contributed by atoms with Crippen LogP contribution in [0.3, 0.4) is 0 Å². The number of hydrogen-bond acceptors (Lipinski definition) is 4. The first-order valence-corrected chi connectivity index (χ1v) is 11.6. The maximum atomic E-state index is 12.6. The molecule has 1 fully saturated rings. The highest BCUT2D eigenvalue weighted by Crippen LogP contribution is 2.44. The Morgan fingerprint density at radius 1 is 1.19 bits per heavy atom. The summed E-state index contributed by atoms with van der Waals surface area (Å²) in [7, 11) is 2.18. The van der Waals surface area contributed by atoms with Gasteiger partial charge in [-0.3, -0.25) is 4.79 Å². The van der Waals surface area contributed by atoms with Crippen molar-refractivity contribution in [1.29, 1.82) is 0 Å². The normalized spacial score (nSPS) is 22.7. The fourth-order valence-electron chi connectivity index (χ4n) is 4.48. The largest absolute Gasteiger partial charge is 0.369 e. The molecule has 2 aliphatic rings. The zero-order chi connectivity index (χ0) is 22.5. The van der Waals surface area contributed by atoms with Gasteiger partial charge in [0.2, 0.25) is 0 Å². The molecule has 4 nitrogen and oxygen atoms in total. The average Bonchev–Trinajstić information content (AvgIpc) is 3.03. The number of amides is 1. The van der Waals surface area contributed by atoms with Crippen LogP contribution in [-0.2, 0) is 4.79 Å². The number of amidine groups is 1. The molecule has 2 aromatic rings. The van der Waals surface area contributed by atoms with Crippen molar-refractivity contribution in [2.24, 2.45) is 4.99 Å². The first-order chi connectivity index (χ1) is 14.6. The minimum atomic E-state index is -0.0857. The lowest BCUT2D eigenvalue weighted by Gasteiger charge is -2.45. The maximum Gasteiger partial charge on any atom is 0.264 e. The van der Waals surface area contributed by atoms with Gasteiger partial charge in [-0.2, -0.15) is 0 Å². The third-order valence-corrected chi connectivity index (χ3v) is 7.67. The first-order valence-electron chi connectivity index (χ1n) is 10.8. The lowest BCUT2D eigenvalue weighted by Crippen LogP contribution is -2.45. The van der Waals surface area contributed by atoms with E-state index in [-0.39, 0.29) is 11.4 Å². The van der Waals surface area contributed by atoms with Crippen LogP contribution in [0, 0.1) is 20.8 Å². The summed E-state index contributed by atoms with van der Waals surface area (Å²) in [5, 5.41) is 3.56. The van der Waals surface area contributed by atoms with Crippen LogP contribution in [0.2, 0.25) is 0 Å². The molecule has 1 saturated heterocycles. The first kappa shape index (κ1) is 21.7. The molecule has 0 aromatic heterocycles. The Hall–Kier alpha value is -2.53. The topological polar surface area (TPSA) is 44.7 Å². The predicted octanol–water partition coefficient (Wildman–Crippen LogP) is 6.23. The van der Waals surface area contributed by atoms with Crippen LogP contribution in [0.5, 0.6) is 0 Å². The lowest BCUT2D eigenvalue weighted by molar-refractivity contribution is -0.115. The van der Waals surface area contributed by atoms with E-state index in [4.69, 9.17) is 4.99 Å². The number of fused-ring (bicyclic) bond motifs is 1. The molecule has 2 aliphatic heterocycles. The van der Waals surface area contributed by atoms with Gasteiger partial charge in [-0.15, -0.1) is 0 Å². The summed E-state index contributed by atoms with van der Waals surface area (Å²) in [5.74, 6) is 0.392. The Balaban J connectivity index is 1.67. The van der Waals surface area contributed by atoms with E-state index in [0.717, 1.165) is 23.2 Å². The van der Waals surface area contributed by atoms with Gasteiger partial charge in [0.05, 0.1) is 10.6 Å². The molecule has 31 heavy (non-hydrogen) atoms. The molecular weight excluding hydrogens is 402 g/mol. The molecule has 0 saturated carbocycles. The van der Waals surface area contributed by atoms with Crippen LogP contribution in [0.1, 0.15) is 60.9 Å². The highest BCUT2D eigenvalue weighted by molar-refractivity contribution is 8.18. The number of aryl methyl sites for hydroxylation is 2. The minimum Gasteiger partial charge on any atom is -0.369 e. The summed E-state index contributed by atoms with van der Waals surface area (Å²) in [4.78, 5) is 20.4. The SMILES string of the molecule is Cc1cc2c(cc1/C=C1/SC(=Nc3cccc(C)c3C)NC1=O)C(C)CC(C)(C)N2C. The third kappa shape index (κ3) is 4.03. The smallest absolute Gasteiger partial charge is 0.264 e. The second-order valence-electron chi connectivity index (χ2n) is 9.45. The summed E-state index contributed by atoms with van der Waals surface area (Å²) in [6.45, 7) is 13.1. The number of nitrogens with zero attached hydrogens (tertiary/aromatic N) is 2. The number of thioether (sulfide) groups is 1. The molecule has 2 heterocycles. The summed E-state index contributed by atoms with van der Waals surface area (Å²) in [6, 6.07) is 10.6. The Kier molecular flexibility index (Phi) is 5.50. The summed E-state index contributed by atoms with van der Waals surface area (Å²) < 4.78 is 0.